The summed E-state index contributed by atoms with van der Waals surface area (Å²) in [6.45, 7) is 7.74. The van der Waals surface area contributed by atoms with E-state index in [1.807, 2.05) is 56.3 Å². The highest BCUT2D eigenvalue weighted by Crippen LogP contribution is 2.70. The molecule has 3 fully saturated rings. The zero-order valence-electron chi connectivity index (χ0n) is 36.5. The maximum absolute atomic E-state index is 15.4. The summed E-state index contributed by atoms with van der Waals surface area (Å²) in [4.78, 5) is 66.2. The highest BCUT2D eigenvalue weighted by molar-refractivity contribution is 5.96. The topological polar surface area (TPSA) is 197 Å². The number of benzene rings is 2. The third kappa shape index (κ3) is 5.35. The molecule has 1 aliphatic carbocycles. The van der Waals surface area contributed by atoms with Gasteiger partial charge in [-0.15, -0.1) is 0 Å². The van der Waals surface area contributed by atoms with Gasteiger partial charge in [-0.3, -0.25) is 29.5 Å². The molecule has 9 rings (SSSR count). The summed E-state index contributed by atoms with van der Waals surface area (Å²) >= 11 is 0. The normalized spacial score (nSPS) is 35.7. The molecule has 1 aromatic heterocycles. The zero-order chi connectivity index (χ0) is 44.3. The number of para-hydroxylation sites is 1. The highest BCUT2D eigenvalue weighted by atomic mass is 16.6. The number of methoxy groups -OCH3 is 3. The Balaban J connectivity index is 1.42. The molecule has 6 aliphatic rings. The van der Waals surface area contributed by atoms with Gasteiger partial charge in [0.2, 0.25) is 11.4 Å². The second-order valence-electron chi connectivity index (χ2n) is 18.6. The van der Waals surface area contributed by atoms with Crippen LogP contribution in [0.4, 0.5) is 11.4 Å². The Morgan fingerprint density at radius 3 is 2.40 bits per heavy atom. The van der Waals surface area contributed by atoms with E-state index in [1.165, 1.54) is 21.1 Å². The first-order chi connectivity index (χ1) is 29.6. The second-order valence-corrected chi connectivity index (χ2v) is 18.6. The van der Waals surface area contributed by atoms with Gasteiger partial charge in [0.25, 0.3) is 0 Å². The average molecular weight is 856 g/mol. The fourth-order valence-electron chi connectivity index (χ4n) is 13.8. The predicted molar refractivity (Wildman–Crippen MR) is 227 cm³/mol. The van der Waals surface area contributed by atoms with Crippen molar-refractivity contribution in [1.82, 2.24) is 14.8 Å². The first-order valence-electron chi connectivity index (χ1n) is 21.7. The number of aliphatic hydroxyl groups is 2. The van der Waals surface area contributed by atoms with E-state index in [0.717, 1.165) is 23.6 Å². The van der Waals surface area contributed by atoms with Crippen LogP contribution in [-0.2, 0) is 45.8 Å². The standard InChI is InChI=1S/C46H57N5O11/c1-8-42(55)22-27-23-45(40(53)60-6,36-29(15-19-49(24-27)25-42)28-13-10-11-14-32(28)47-36)31-21-30-33(34(51(57)58)35(31)59-5)48(4)38-44(30)17-20-50-18-12-16-43(9-2,37(44)50)39(62-26(3)52)46(38,56)41(54)61-7/h10-14,16,21,27,37-39,47,55-56H,8-9,15,17-20,22-25H2,1-7H3/t27-,37-,38+,39+,42-,43+,44?,45-,46-/m0/s1. The van der Waals surface area contributed by atoms with Crippen molar-refractivity contribution in [3.63, 3.8) is 0 Å². The minimum Gasteiger partial charge on any atom is -0.490 e. The molecule has 5 aliphatic heterocycles. The van der Waals surface area contributed by atoms with Crippen LogP contribution in [0.25, 0.3) is 10.9 Å². The SMILES string of the molecule is CC[C@]1(O)C[C@@H]2CN(CCc3c([nH]c4ccccc34)[C@@](C(=O)OC)(c3cc4c(c([N+](=O)[O-])c3OC)N(C)[C@@H]3C45CCN4CC=C[C@](CC)([C@H]45)[C@@H](OC(C)=O)[C@]3(O)C(=O)OC)C2)C1. The highest BCUT2D eigenvalue weighted by Gasteiger charge is 2.81. The Hall–Kier alpha value is -5.03. The lowest BCUT2D eigenvalue weighted by Gasteiger charge is -2.63. The van der Waals surface area contributed by atoms with Gasteiger partial charge in [0, 0.05) is 79.2 Å². The number of hydrogen-bond acceptors (Lipinski definition) is 14. The van der Waals surface area contributed by atoms with E-state index in [2.05, 4.69) is 14.8 Å². The van der Waals surface area contributed by atoms with Gasteiger partial charge in [-0.2, -0.15) is 0 Å². The molecule has 0 amide bonds. The molecule has 62 heavy (non-hydrogen) atoms. The van der Waals surface area contributed by atoms with Crippen LogP contribution >= 0.6 is 0 Å². The van der Waals surface area contributed by atoms with Crippen LogP contribution in [0.15, 0.2) is 42.5 Å². The molecule has 6 heterocycles. The Morgan fingerprint density at radius 1 is 1.00 bits per heavy atom. The van der Waals surface area contributed by atoms with Crippen molar-refractivity contribution in [3.05, 3.63) is 75.0 Å². The number of anilines is 1. The van der Waals surface area contributed by atoms with Gasteiger partial charge in [0.1, 0.15) is 11.1 Å². The summed E-state index contributed by atoms with van der Waals surface area (Å²) in [6.07, 6.45) is 4.60. The molecular weight excluding hydrogens is 799 g/mol. The van der Waals surface area contributed by atoms with Gasteiger partial charge in [-0.05, 0) is 74.2 Å². The zero-order valence-corrected chi connectivity index (χ0v) is 36.5. The van der Waals surface area contributed by atoms with Gasteiger partial charge >= 0.3 is 23.6 Å². The Bertz CT molecular complexity index is 2420. The number of H-pyrrole nitrogens is 1. The summed E-state index contributed by atoms with van der Waals surface area (Å²) in [5.74, 6) is -2.85. The molecule has 1 spiro atoms. The number of nitrogens with one attached hydrogen (secondary N) is 1. The first kappa shape index (κ1) is 42.3. The number of rotatable bonds is 8. The molecule has 2 saturated heterocycles. The molecule has 1 saturated carbocycles. The van der Waals surface area contributed by atoms with Gasteiger partial charge in [0.15, 0.2) is 6.10 Å². The van der Waals surface area contributed by atoms with E-state index >= 15 is 4.79 Å². The van der Waals surface area contributed by atoms with Gasteiger partial charge < -0.3 is 39.0 Å². The van der Waals surface area contributed by atoms with Crippen LogP contribution in [0.3, 0.4) is 0 Å². The summed E-state index contributed by atoms with van der Waals surface area (Å²) in [5.41, 5.74) is -5.22. The number of nitro benzene ring substituents is 1. The summed E-state index contributed by atoms with van der Waals surface area (Å²) in [7, 11) is 5.43. The lowest BCUT2D eigenvalue weighted by atomic mass is 9.47. The van der Waals surface area contributed by atoms with Gasteiger partial charge in [0.05, 0.1) is 37.9 Å². The van der Waals surface area contributed by atoms with E-state index in [1.54, 1.807) is 11.9 Å². The van der Waals surface area contributed by atoms with Crippen molar-refractivity contribution in [1.29, 1.82) is 0 Å². The predicted octanol–water partition coefficient (Wildman–Crippen LogP) is 3.90. The number of ether oxygens (including phenoxy) is 4. The number of nitrogens with zero attached hydrogens (tertiary/aromatic N) is 4. The molecule has 10 atom stereocenters. The monoisotopic (exact) mass is 855 g/mol. The Kier molecular flexibility index (Phi) is 9.89. The van der Waals surface area contributed by atoms with Crippen molar-refractivity contribution in [3.8, 4) is 5.75 Å². The van der Waals surface area contributed by atoms with E-state index in [4.69, 9.17) is 18.9 Å². The molecular formula is C46H57N5O11. The van der Waals surface area contributed by atoms with Crippen LogP contribution in [0.1, 0.15) is 75.3 Å². The van der Waals surface area contributed by atoms with Crippen molar-refractivity contribution in [2.24, 2.45) is 11.3 Å². The number of piperidine rings is 1. The maximum atomic E-state index is 15.4. The largest absolute Gasteiger partial charge is 0.490 e. The summed E-state index contributed by atoms with van der Waals surface area (Å²) in [6, 6.07) is 7.85. The van der Waals surface area contributed by atoms with Crippen molar-refractivity contribution >= 4 is 40.2 Å². The second kappa shape index (κ2) is 14.5. The quantitative estimate of drug-likeness (QED) is 0.0970. The molecule has 16 nitrogen and oxygen atoms in total. The first-order valence-corrected chi connectivity index (χ1v) is 21.7. The molecule has 3 aromatic rings. The van der Waals surface area contributed by atoms with Crippen molar-refractivity contribution < 1.29 is 48.5 Å². The van der Waals surface area contributed by atoms with Crippen LogP contribution in [0.5, 0.6) is 5.75 Å². The minimum absolute atomic E-state index is 0.106. The van der Waals surface area contributed by atoms with Crippen LogP contribution < -0.4 is 9.64 Å². The Morgan fingerprint density at radius 2 is 1.74 bits per heavy atom. The van der Waals surface area contributed by atoms with E-state index < -0.39 is 74.2 Å². The molecule has 2 unspecified atom stereocenters. The molecule has 2 bridgehead atoms. The van der Waals surface area contributed by atoms with Crippen LogP contribution in [0.2, 0.25) is 0 Å². The molecule has 16 heteroatoms. The third-order valence-corrected chi connectivity index (χ3v) is 15.9. The average Bonchev–Trinajstić information content (AvgIpc) is 3.92. The van der Waals surface area contributed by atoms with Crippen molar-refractivity contribution in [2.45, 2.75) is 99.5 Å². The number of carbonyl (C=O) groups is 3. The van der Waals surface area contributed by atoms with E-state index in [0.29, 0.717) is 76.1 Å². The fraction of sp³-hybridized carbons (Fsp3) is 0.587. The van der Waals surface area contributed by atoms with E-state index in [9.17, 15) is 29.9 Å². The van der Waals surface area contributed by atoms with Gasteiger partial charge in [-0.1, -0.05) is 44.2 Å². The Labute approximate surface area is 360 Å². The number of hydrogen-bond donors (Lipinski definition) is 3. The summed E-state index contributed by atoms with van der Waals surface area (Å²) < 4.78 is 23.6. The molecule has 2 aromatic carbocycles. The smallest absolute Gasteiger partial charge is 0.344 e. The van der Waals surface area contributed by atoms with Gasteiger partial charge in [-0.25, -0.2) is 4.79 Å². The summed E-state index contributed by atoms with van der Waals surface area (Å²) in [5, 5.41) is 40.3. The molecule has 332 valence electrons. The van der Waals surface area contributed by atoms with Crippen LogP contribution in [0, 0.1) is 21.4 Å². The number of aromatic amines is 1. The number of esters is 3. The van der Waals surface area contributed by atoms with Crippen molar-refractivity contribution in [2.75, 3.05) is 66.0 Å². The number of carbonyl (C=O) groups excluding carboxylic acids is 3. The minimum atomic E-state index is -2.54. The van der Waals surface area contributed by atoms with E-state index in [-0.39, 0.29) is 29.3 Å². The number of fused-ring (bicyclic) bond motifs is 6. The maximum Gasteiger partial charge on any atom is 0.344 e. The lowest BCUT2D eigenvalue weighted by Crippen LogP contribution is -2.81. The molecule has 0 radical (unpaired) electrons. The third-order valence-electron chi connectivity index (χ3n) is 15.9. The number of likely N-dealkylation sites (N-methyl/N-ethyl adjacent to an activating group) is 1. The molecule has 3 N–H and O–H groups in total. The number of nitro groups is 1. The lowest BCUT2D eigenvalue weighted by molar-refractivity contribution is -0.385. The number of aromatic nitrogens is 1. The van der Waals surface area contributed by atoms with Crippen LogP contribution in [-0.4, -0.2) is 138 Å². The fourth-order valence-corrected chi connectivity index (χ4v) is 13.8.